The van der Waals surface area contributed by atoms with Crippen LogP contribution in [0.4, 0.5) is 0 Å². The third-order valence-corrected chi connectivity index (χ3v) is 2.53. The van der Waals surface area contributed by atoms with E-state index in [1.165, 1.54) is 5.56 Å². The smallest absolute Gasteiger partial charge is 0.162 e. The fraction of sp³-hybridized carbons (Fsp3) is 0.364. The van der Waals surface area contributed by atoms with Crippen LogP contribution in [0.1, 0.15) is 25.3 Å². The number of nitrogens with zero attached hydrogens (tertiary/aromatic N) is 2. The Labute approximate surface area is 114 Å². The van der Waals surface area contributed by atoms with Gasteiger partial charge >= 0.3 is 0 Å². The summed E-state index contributed by atoms with van der Waals surface area (Å²) in [7, 11) is 1.75. The van der Waals surface area contributed by atoms with Crippen molar-refractivity contribution in [3.8, 4) is 0 Å². The fourth-order valence-electron chi connectivity index (χ4n) is 1.54. The number of hydrogen-bond donors (Lipinski definition) is 0. The summed E-state index contributed by atoms with van der Waals surface area (Å²) in [5, 5.41) is 0. The van der Waals surface area contributed by atoms with Crippen molar-refractivity contribution in [1.29, 1.82) is 0 Å². The first-order chi connectivity index (χ1) is 6.59. The van der Waals surface area contributed by atoms with Crippen molar-refractivity contribution in [1.82, 2.24) is 9.55 Å². The Bertz CT molecular complexity index is 525. The van der Waals surface area contributed by atoms with E-state index in [1.54, 1.807) is 11.6 Å². The van der Waals surface area contributed by atoms with Crippen molar-refractivity contribution in [2.75, 3.05) is 0 Å². The van der Waals surface area contributed by atoms with Crippen LogP contribution in [-0.2, 0) is 39.8 Å². The molecule has 1 heterocycles. The van der Waals surface area contributed by atoms with E-state index in [2.05, 4.69) is 18.8 Å². The fourth-order valence-corrected chi connectivity index (χ4v) is 1.54. The van der Waals surface area contributed by atoms with E-state index in [0.717, 1.165) is 11.0 Å². The maximum atomic E-state index is 11.3. The van der Waals surface area contributed by atoms with Gasteiger partial charge in [0.1, 0.15) is 0 Å². The minimum absolute atomic E-state index is 0. The third kappa shape index (κ3) is 2.23. The van der Waals surface area contributed by atoms with Crippen molar-refractivity contribution in [2.24, 2.45) is 7.05 Å². The van der Waals surface area contributed by atoms with Crippen molar-refractivity contribution in [3.63, 3.8) is 0 Å². The zero-order valence-electron chi connectivity index (χ0n) is 9.19. The van der Waals surface area contributed by atoms with Gasteiger partial charge in [0.05, 0.1) is 0 Å². The first-order valence-electron chi connectivity index (χ1n) is 4.73. The predicted molar refractivity (Wildman–Crippen MR) is 56.6 cm³/mol. The van der Waals surface area contributed by atoms with Gasteiger partial charge in [0.25, 0.3) is 0 Å². The van der Waals surface area contributed by atoms with Crippen LogP contribution < -0.4 is 10.7 Å². The standard InChI is InChI=1S/C11H14N2O.Y/c1-7(2)8-4-5-9-10(6-8)13(3)11(14)12-9;/h4-7H,1-3H3,(H,12,14);/p-1. The molecule has 1 radical (unpaired) electrons. The van der Waals surface area contributed by atoms with Gasteiger partial charge < -0.3 is 9.55 Å². The van der Waals surface area contributed by atoms with Crippen LogP contribution in [0.5, 0.6) is 0 Å². The molecule has 0 unspecified atom stereocenters. The minimum Gasteiger partial charge on any atom is -0.413 e. The van der Waals surface area contributed by atoms with Gasteiger partial charge in [0.2, 0.25) is 0 Å². The van der Waals surface area contributed by atoms with Gasteiger partial charge in [-0.25, -0.2) is 0 Å². The molecule has 0 saturated heterocycles. The van der Waals surface area contributed by atoms with Gasteiger partial charge in [-0.05, 0) is 22.5 Å². The summed E-state index contributed by atoms with van der Waals surface area (Å²) in [6, 6.07) is 5.97. The van der Waals surface area contributed by atoms with Crippen molar-refractivity contribution >= 4 is 11.0 Å². The molecule has 0 atom stereocenters. The molecule has 0 aliphatic heterocycles. The molecule has 0 saturated carbocycles. The first-order valence-corrected chi connectivity index (χ1v) is 4.73. The molecule has 1 aromatic carbocycles. The maximum Gasteiger partial charge on any atom is 0.162 e. The van der Waals surface area contributed by atoms with Gasteiger partial charge in [-0.2, -0.15) is 0 Å². The molecule has 0 amide bonds. The normalized spacial score (nSPS) is 10.7. The molecule has 0 bridgehead atoms. The Balaban J connectivity index is 0.00000112. The zero-order valence-corrected chi connectivity index (χ0v) is 12.0. The van der Waals surface area contributed by atoms with Crippen LogP contribution in [-0.4, -0.2) is 4.57 Å². The Morgan fingerprint density at radius 2 is 2.00 bits per heavy atom. The number of hydrogen-bond acceptors (Lipinski definition) is 1. The summed E-state index contributed by atoms with van der Waals surface area (Å²) in [4.78, 5) is 15.2. The number of aromatic nitrogens is 2. The molecule has 4 heteroatoms. The average Bonchev–Trinajstić information content (AvgIpc) is 2.43. The Morgan fingerprint density at radius 1 is 1.33 bits per heavy atom. The second-order valence-corrected chi connectivity index (χ2v) is 3.86. The van der Waals surface area contributed by atoms with Crippen molar-refractivity contribution in [3.05, 3.63) is 34.2 Å². The molecule has 0 spiro atoms. The predicted octanol–water partition coefficient (Wildman–Crippen LogP) is 1.62. The first kappa shape index (κ1) is 12.7. The molecule has 2 aromatic rings. The summed E-state index contributed by atoms with van der Waals surface area (Å²) in [6.07, 6.45) is 0. The molecular weight excluding hydrogens is 265 g/mol. The Kier molecular flexibility index (Phi) is 3.90. The van der Waals surface area contributed by atoms with Crippen LogP contribution in [0.25, 0.3) is 11.0 Å². The summed E-state index contributed by atoms with van der Waals surface area (Å²) in [5.41, 5.74) is 2.75. The SMILES string of the molecule is CC(C)c1ccc2[n-]c(=O)n(C)c2c1.[Y]. The topological polar surface area (TPSA) is 36.1 Å². The van der Waals surface area contributed by atoms with E-state index in [-0.39, 0.29) is 38.4 Å². The van der Waals surface area contributed by atoms with Crippen molar-refractivity contribution < 1.29 is 32.7 Å². The van der Waals surface area contributed by atoms with E-state index in [1.807, 2.05) is 18.2 Å². The van der Waals surface area contributed by atoms with Gasteiger partial charge in [-0.1, -0.05) is 39.1 Å². The summed E-state index contributed by atoms with van der Waals surface area (Å²) in [5.74, 6) is 0.476. The molecule has 0 aliphatic rings. The molecule has 0 fully saturated rings. The second-order valence-electron chi connectivity index (χ2n) is 3.86. The number of imidazole rings is 1. The van der Waals surface area contributed by atoms with Gasteiger partial charge in [-0.3, -0.25) is 4.79 Å². The van der Waals surface area contributed by atoms with Gasteiger partial charge in [0.15, 0.2) is 5.69 Å². The third-order valence-electron chi connectivity index (χ3n) is 2.53. The summed E-state index contributed by atoms with van der Waals surface area (Å²) >= 11 is 0. The number of fused-ring (bicyclic) bond motifs is 1. The number of rotatable bonds is 1. The quantitative estimate of drug-likeness (QED) is 0.794. The molecule has 77 valence electrons. The average molecular weight is 278 g/mol. The van der Waals surface area contributed by atoms with Crippen LogP contribution in [0.15, 0.2) is 23.0 Å². The van der Waals surface area contributed by atoms with E-state index >= 15 is 0 Å². The van der Waals surface area contributed by atoms with E-state index < -0.39 is 0 Å². The van der Waals surface area contributed by atoms with Crippen LogP contribution in [0.2, 0.25) is 0 Å². The largest absolute Gasteiger partial charge is 0.413 e. The van der Waals surface area contributed by atoms with E-state index in [0.29, 0.717) is 5.92 Å². The maximum absolute atomic E-state index is 11.3. The molecular formula is C11H13N2OY-. The zero-order chi connectivity index (χ0) is 10.3. The molecule has 1 aromatic heterocycles. The van der Waals surface area contributed by atoms with E-state index in [4.69, 9.17) is 0 Å². The van der Waals surface area contributed by atoms with Crippen molar-refractivity contribution in [2.45, 2.75) is 19.8 Å². The molecule has 0 aliphatic carbocycles. The Hall–Kier alpha value is -0.406. The summed E-state index contributed by atoms with van der Waals surface area (Å²) < 4.78 is 1.58. The monoisotopic (exact) mass is 278 g/mol. The molecule has 0 N–H and O–H groups in total. The number of aryl methyl sites for hydroxylation is 1. The molecule has 3 nitrogen and oxygen atoms in total. The second kappa shape index (κ2) is 4.62. The molecule has 2 rings (SSSR count). The minimum atomic E-state index is -0.180. The molecule has 15 heavy (non-hydrogen) atoms. The van der Waals surface area contributed by atoms with Crippen LogP contribution in [0.3, 0.4) is 0 Å². The Morgan fingerprint density at radius 3 is 2.60 bits per heavy atom. The van der Waals surface area contributed by atoms with Gasteiger partial charge in [0, 0.05) is 32.7 Å². The van der Waals surface area contributed by atoms with Gasteiger partial charge in [-0.15, -0.1) is 0 Å². The summed E-state index contributed by atoms with van der Waals surface area (Å²) in [6.45, 7) is 4.27. The van der Waals surface area contributed by atoms with Crippen LogP contribution >= 0.6 is 0 Å². The number of benzene rings is 1. The van der Waals surface area contributed by atoms with Crippen LogP contribution in [0, 0.1) is 0 Å². The van der Waals surface area contributed by atoms with E-state index in [9.17, 15) is 4.79 Å².